The molecular weight excluding hydrogens is 879 g/mol. The van der Waals surface area contributed by atoms with Crippen LogP contribution in [0.3, 0.4) is 0 Å². The molecule has 0 fully saturated rings. The molecule has 0 radical (unpaired) electrons. The maximum atomic E-state index is 7.22. The van der Waals surface area contributed by atoms with Gasteiger partial charge in [-0.15, -0.1) is 0 Å². The van der Waals surface area contributed by atoms with E-state index >= 15 is 0 Å². The Labute approximate surface area is 423 Å². The van der Waals surface area contributed by atoms with E-state index in [9.17, 15) is 0 Å². The zero-order chi connectivity index (χ0) is 48.1. The van der Waals surface area contributed by atoms with Crippen LogP contribution >= 0.6 is 0 Å². The van der Waals surface area contributed by atoms with Gasteiger partial charge >= 0.3 is 0 Å². The number of para-hydroxylation sites is 7. The third-order valence-corrected chi connectivity index (χ3v) is 13.8. The molecule has 6 nitrogen and oxygen atoms in total. The fraction of sp³-hybridized carbons (Fsp3) is 0.0909. The number of benzene rings is 10. The first-order chi connectivity index (χ1) is 35.7. The number of hydrogen-bond donors (Lipinski definition) is 0. The normalized spacial score (nSPS) is 12.6. The van der Waals surface area contributed by atoms with E-state index in [0.717, 1.165) is 101 Å². The van der Waals surface area contributed by atoms with Gasteiger partial charge in [-0.3, -0.25) is 0 Å². The molecular formula is C66H55N5O. The summed E-state index contributed by atoms with van der Waals surface area (Å²) in [6, 6.07) is 92.5. The van der Waals surface area contributed by atoms with Crippen molar-refractivity contribution in [1.82, 2.24) is 0 Å². The third-order valence-electron chi connectivity index (χ3n) is 13.8. The Kier molecular flexibility index (Phi) is 12.4. The molecule has 0 bridgehead atoms. The molecule has 10 aromatic carbocycles. The van der Waals surface area contributed by atoms with Gasteiger partial charge in [-0.1, -0.05) is 133 Å². The van der Waals surface area contributed by atoms with Crippen LogP contribution in [0.15, 0.2) is 261 Å². The summed E-state index contributed by atoms with van der Waals surface area (Å²) in [5.74, 6) is 1.44. The van der Waals surface area contributed by atoms with Crippen LogP contribution in [0.2, 0.25) is 0 Å². The van der Waals surface area contributed by atoms with Crippen LogP contribution in [-0.4, -0.2) is 13.1 Å². The van der Waals surface area contributed by atoms with Gasteiger partial charge in [0, 0.05) is 93.6 Å². The Balaban J connectivity index is 1.03. The summed E-state index contributed by atoms with van der Waals surface area (Å²) in [4.78, 5) is 12.2. The topological polar surface area (TPSA) is 25.4 Å². The van der Waals surface area contributed by atoms with Gasteiger partial charge in [0.1, 0.15) is 11.5 Å². The van der Waals surface area contributed by atoms with E-state index in [4.69, 9.17) is 4.74 Å². The largest absolute Gasteiger partial charge is 0.457 e. The van der Waals surface area contributed by atoms with Crippen molar-refractivity contribution in [1.29, 1.82) is 0 Å². The van der Waals surface area contributed by atoms with E-state index in [1.165, 1.54) is 28.2 Å². The SMILES string of the molecule is c1ccc(N(c2ccccc2)c2cc(Oc3cccc(N(c4ccccc4)c4cc(N(c5ccccc5)c5ccccc5)c5c6c4CCCN6CCC5)c3)cc(N(c3ccccc3)c3ccccc3)c2)cc1. The fourth-order valence-electron chi connectivity index (χ4n) is 10.7. The third kappa shape index (κ3) is 8.91. The zero-order valence-electron chi connectivity index (χ0n) is 40.2. The Bertz CT molecular complexity index is 3170. The smallest absolute Gasteiger partial charge is 0.131 e. The summed E-state index contributed by atoms with van der Waals surface area (Å²) < 4.78 is 7.22. The van der Waals surface area contributed by atoms with Gasteiger partial charge in [-0.2, -0.15) is 0 Å². The standard InChI is InChI=1S/C66H55N5O/c1-8-25-50(26-9-1)68(51-27-10-2-11-28-51)58-45-59(69(52-29-12-3-13-30-52)53-31-14-4-15-32-53)48-61(47-58)72-60-40-22-39-57(46-60)71(56-37-20-7-21-38-56)65-49-64(62-41-23-43-67-44-24-42-63(65)66(62)67)70(54-33-16-5-17-34-54)55-35-18-6-19-36-55/h1-22,25-40,45-49H,23-24,41-44H2. The van der Waals surface area contributed by atoms with Crippen molar-refractivity contribution >= 4 is 73.9 Å². The fourth-order valence-corrected chi connectivity index (χ4v) is 10.7. The van der Waals surface area contributed by atoms with Crippen molar-refractivity contribution in [2.75, 3.05) is 37.6 Å². The summed E-state index contributed by atoms with van der Waals surface area (Å²) in [6.45, 7) is 2.13. The van der Waals surface area contributed by atoms with Crippen molar-refractivity contribution in [2.24, 2.45) is 0 Å². The van der Waals surface area contributed by atoms with Gasteiger partial charge in [-0.05, 0) is 135 Å². The van der Waals surface area contributed by atoms with Crippen molar-refractivity contribution in [3.8, 4) is 11.5 Å². The van der Waals surface area contributed by atoms with Crippen LogP contribution in [0.4, 0.5) is 73.9 Å². The summed E-state index contributed by atoms with van der Waals surface area (Å²) in [6.07, 6.45) is 4.26. The van der Waals surface area contributed by atoms with E-state index in [2.05, 4.69) is 285 Å². The molecule has 6 heteroatoms. The molecule has 350 valence electrons. The number of ether oxygens (including phenoxy) is 1. The van der Waals surface area contributed by atoms with Gasteiger partial charge in [0.2, 0.25) is 0 Å². The lowest BCUT2D eigenvalue weighted by atomic mass is 9.88. The molecule has 0 N–H and O–H groups in total. The predicted molar refractivity (Wildman–Crippen MR) is 301 cm³/mol. The lowest BCUT2D eigenvalue weighted by Crippen LogP contribution is -2.36. The van der Waals surface area contributed by atoms with Crippen LogP contribution in [0.5, 0.6) is 11.5 Å². The zero-order valence-corrected chi connectivity index (χ0v) is 40.2. The molecule has 2 aliphatic rings. The average Bonchev–Trinajstić information content (AvgIpc) is 3.45. The minimum Gasteiger partial charge on any atom is -0.457 e. The first-order valence-corrected chi connectivity index (χ1v) is 25.2. The van der Waals surface area contributed by atoms with Gasteiger partial charge in [-0.25, -0.2) is 0 Å². The van der Waals surface area contributed by atoms with Crippen LogP contribution in [0.1, 0.15) is 24.0 Å². The maximum absolute atomic E-state index is 7.22. The van der Waals surface area contributed by atoms with Crippen molar-refractivity contribution in [2.45, 2.75) is 25.7 Å². The van der Waals surface area contributed by atoms with E-state index < -0.39 is 0 Å². The molecule has 0 unspecified atom stereocenters. The van der Waals surface area contributed by atoms with Crippen molar-refractivity contribution in [3.63, 3.8) is 0 Å². The highest BCUT2D eigenvalue weighted by molar-refractivity contribution is 5.92. The molecule has 0 atom stereocenters. The highest BCUT2D eigenvalue weighted by Gasteiger charge is 2.33. The summed E-state index contributed by atoms with van der Waals surface area (Å²) >= 11 is 0. The maximum Gasteiger partial charge on any atom is 0.131 e. The molecule has 0 aromatic heterocycles. The number of hydrogen-bond acceptors (Lipinski definition) is 6. The molecule has 0 aliphatic carbocycles. The first kappa shape index (κ1) is 44.2. The quantitative estimate of drug-likeness (QED) is 0.108. The summed E-state index contributed by atoms with van der Waals surface area (Å²) in [7, 11) is 0. The Morgan fingerprint density at radius 2 is 0.597 bits per heavy atom. The van der Waals surface area contributed by atoms with Crippen LogP contribution in [0, 0.1) is 0 Å². The summed E-state index contributed by atoms with van der Waals surface area (Å²) in [5.41, 5.74) is 17.1. The monoisotopic (exact) mass is 933 g/mol. The molecule has 0 saturated heterocycles. The highest BCUT2D eigenvalue weighted by atomic mass is 16.5. The van der Waals surface area contributed by atoms with E-state index in [1.54, 1.807) is 0 Å². The molecule has 0 saturated carbocycles. The first-order valence-electron chi connectivity index (χ1n) is 25.2. The molecule has 12 rings (SSSR count). The van der Waals surface area contributed by atoms with E-state index in [-0.39, 0.29) is 0 Å². The molecule has 2 heterocycles. The second kappa shape index (κ2) is 20.2. The van der Waals surface area contributed by atoms with Gasteiger partial charge < -0.3 is 29.2 Å². The molecule has 0 spiro atoms. The number of anilines is 13. The van der Waals surface area contributed by atoms with Crippen molar-refractivity contribution in [3.05, 3.63) is 272 Å². The number of nitrogens with zero attached hydrogens (tertiary/aromatic N) is 5. The van der Waals surface area contributed by atoms with Crippen LogP contribution in [0.25, 0.3) is 0 Å². The van der Waals surface area contributed by atoms with E-state index in [0.29, 0.717) is 5.75 Å². The van der Waals surface area contributed by atoms with Crippen LogP contribution in [-0.2, 0) is 12.8 Å². The minimum atomic E-state index is 0.711. The molecule has 72 heavy (non-hydrogen) atoms. The Morgan fingerprint density at radius 3 is 0.972 bits per heavy atom. The number of rotatable bonds is 14. The molecule has 10 aromatic rings. The van der Waals surface area contributed by atoms with Gasteiger partial charge in [0.25, 0.3) is 0 Å². The highest BCUT2D eigenvalue weighted by Crippen LogP contribution is 2.52. The Morgan fingerprint density at radius 1 is 0.278 bits per heavy atom. The minimum absolute atomic E-state index is 0.711. The predicted octanol–water partition coefficient (Wildman–Crippen LogP) is 18.1. The Hall–Kier alpha value is -9.00. The van der Waals surface area contributed by atoms with Gasteiger partial charge in [0.15, 0.2) is 0 Å². The van der Waals surface area contributed by atoms with E-state index in [1.807, 2.05) is 0 Å². The lowest BCUT2D eigenvalue weighted by Gasteiger charge is -2.42. The van der Waals surface area contributed by atoms with Gasteiger partial charge in [0.05, 0.1) is 22.7 Å². The van der Waals surface area contributed by atoms with Crippen LogP contribution < -0.4 is 29.2 Å². The molecule has 2 aliphatic heterocycles. The second-order valence-corrected chi connectivity index (χ2v) is 18.4. The van der Waals surface area contributed by atoms with Crippen molar-refractivity contribution < 1.29 is 4.74 Å². The average molecular weight is 934 g/mol. The molecule has 0 amide bonds. The lowest BCUT2D eigenvalue weighted by molar-refractivity contribution is 0.483. The second-order valence-electron chi connectivity index (χ2n) is 18.4. The summed E-state index contributed by atoms with van der Waals surface area (Å²) in [5, 5.41) is 0.